The summed E-state index contributed by atoms with van der Waals surface area (Å²) in [6.07, 6.45) is 4.05. The van der Waals surface area contributed by atoms with E-state index in [-0.39, 0.29) is 0 Å². The van der Waals surface area contributed by atoms with Crippen LogP contribution in [-0.2, 0) is 0 Å². The fraction of sp³-hybridized carbons (Fsp3) is 1.00. The Morgan fingerprint density at radius 1 is 1.24 bits per heavy atom. The summed E-state index contributed by atoms with van der Waals surface area (Å²) in [5.41, 5.74) is 0. The summed E-state index contributed by atoms with van der Waals surface area (Å²) < 4.78 is 0. The molecule has 2 saturated heterocycles. The van der Waals surface area contributed by atoms with Gasteiger partial charge in [-0.3, -0.25) is 4.90 Å². The van der Waals surface area contributed by atoms with Gasteiger partial charge in [-0.05, 0) is 52.2 Å². The van der Waals surface area contributed by atoms with Crippen molar-refractivity contribution in [2.75, 3.05) is 39.8 Å². The third-order valence-corrected chi connectivity index (χ3v) is 4.60. The van der Waals surface area contributed by atoms with Gasteiger partial charge in [-0.1, -0.05) is 6.92 Å². The molecule has 0 aliphatic carbocycles. The van der Waals surface area contributed by atoms with Crippen LogP contribution in [0.25, 0.3) is 0 Å². The first kappa shape index (κ1) is 13.3. The van der Waals surface area contributed by atoms with Crippen LogP contribution in [0.1, 0.15) is 33.1 Å². The fourth-order valence-electron chi connectivity index (χ4n) is 3.10. The Hall–Kier alpha value is -0.120. The van der Waals surface area contributed by atoms with E-state index in [2.05, 4.69) is 36.0 Å². The lowest BCUT2D eigenvalue weighted by atomic mass is 9.95. The number of likely N-dealkylation sites (tertiary alicyclic amines) is 1. The van der Waals surface area contributed by atoms with Gasteiger partial charge >= 0.3 is 0 Å². The molecule has 0 aromatic heterocycles. The topological polar surface area (TPSA) is 18.5 Å². The molecule has 2 aliphatic heterocycles. The van der Waals surface area contributed by atoms with E-state index >= 15 is 0 Å². The number of piperazine rings is 1. The number of nitrogens with one attached hydrogen (secondary N) is 1. The SMILES string of the molecule is CCC1CN(CC2CCN(C)CC2)C(C)CN1. The van der Waals surface area contributed by atoms with Crippen molar-refractivity contribution in [2.45, 2.75) is 45.2 Å². The lowest BCUT2D eigenvalue weighted by molar-refractivity contribution is 0.0957. The number of hydrogen-bond acceptors (Lipinski definition) is 3. The molecular weight excluding hydrogens is 210 g/mol. The van der Waals surface area contributed by atoms with Crippen LogP contribution in [0.15, 0.2) is 0 Å². The fourth-order valence-corrected chi connectivity index (χ4v) is 3.10. The lowest BCUT2D eigenvalue weighted by Crippen LogP contribution is -2.56. The molecule has 17 heavy (non-hydrogen) atoms. The minimum Gasteiger partial charge on any atom is -0.311 e. The molecule has 3 nitrogen and oxygen atoms in total. The van der Waals surface area contributed by atoms with E-state index < -0.39 is 0 Å². The molecule has 0 amide bonds. The highest BCUT2D eigenvalue weighted by Gasteiger charge is 2.27. The first-order chi connectivity index (χ1) is 8.19. The Balaban J connectivity index is 1.80. The number of nitrogens with zero attached hydrogens (tertiary/aromatic N) is 2. The molecule has 2 unspecified atom stereocenters. The van der Waals surface area contributed by atoms with Crippen LogP contribution in [0.2, 0.25) is 0 Å². The van der Waals surface area contributed by atoms with Crippen molar-refractivity contribution in [3.8, 4) is 0 Å². The average Bonchev–Trinajstić information content (AvgIpc) is 2.35. The molecule has 0 spiro atoms. The van der Waals surface area contributed by atoms with Crippen molar-refractivity contribution in [3.05, 3.63) is 0 Å². The van der Waals surface area contributed by atoms with E-state index in [1.807, 2.05) is 0 Å². The van der Waals surface area contributed by atoms with E-state index in [1.54, 1.807) is 0 Å². The summed E-state index contributed by atoms with van der Waals surface area (Å²) in [6.45, 7) is 11.0. The molecule has 3 heteroatoms. The van der Waals surface area contributed by atoms with Crippen LogP contribution in [0.3, 0.4) is 0 Å². The van der Waals surface area contributed by atoms with Gasteiger partial charge in [-0.2, -0.15) is 0 Å². The first-order valence-corrected chi connectivity index (χ1v) is 7.35. The summed E-state index contributed by atoms with van der Waals surface area (Å²) in [5.74, 6) is 0.934. The summed E-state index contributed by atoms with van der Waals surface area (Å²) in [6, 6.07) is 1.44. The van der Waals surface area contributed by atoms with E-state index in [9.17, 15) is 0 Å². The molecule has 0 saturated carbocycles. The third-order valence-electron chi connectivity index (χ3n) is 4.60. The predicted molar refractivity (Wildman–Crippen MR) is 73.3 cm³/mol. The minimum absolute atomic E-state index is 0.720. The largest absolute Gasteiger partial charge is 0.311 e. The number of rotatable bonds is 3. The van der Waals surface area contributed by atoms with Gasteiger partial charge in [0.25, 0.3) is 0 Å². The molecule has 100 valence electrons. The van der Waals surface area contributed by atoms with Crippen molar-refractivity contribution in [2.24, 2.45) is 5.92 Å². The molecule has 2 aliphatic rings. The van der Waals surface area contributed by atoms with Gasteiger partial charge in [0.1, 0.15) is 0 Å². The Morgan fingerprint density at radius 2 is 1.94 bits per heavy atom. The van der Waals surface area contributed by atoms with Gasteiger partial charge in [0.2, 0.25) is 0 Å². The zero-order valence-electron chi connectivity index (χ0n) is 11.8. The molecule has 2 rings (SSSR count). The predicted octanol–water partition coefficient (Wildman–Crippen LogP) is 1.40. The molecule has 2 heterocycles. The van der Waals surface area contributed by atoms with Crippen molar-refractivity contribution < 1.29 is 0 Å². The second-order valence-electron chi connectivity index (χ2n) is 6.06. The van der Waals surface area contributed by atoms with Gasteiger partial charge < -0.3 is 10.2 Å². The maximum Gasteiger partial charge on any atom is 0.0193 e. The Morgan fingerprint density at radius 3 is 2.59 bits per heavy atom. The molecule has 0 bridgehead atoms. The standard InChI is InChI=1S/C14H29N3/c1-4-14-11-17(12(2)9-15-14)10-13-5-7-16(3)8-6-13/h12-15H,4-11H2,1-3H3. The normalized spacial score (nSPS) is 34.1. The first-order valence-electron chi connectivity index (χ1n) is 7.35. The Bertz CT molecular complexity index is 224. The third kappa shape index (κ3) is 3.67. The number of hydrogen-bond donors (Lipinski definition) is 1. The van der Waals surface area contributed by atoms with Crippen molar-refractivity contribution in [3.63, 3.8) is 0 Å². The highest BCUT2D eigenvalue weighted by Crippen LogP contribution is 2.20. The minimum atomic E-state index is 0.720. The highest BCUT2D eigenvalue weighted by atomic mass is 15.2. The smallest absolute Gasteiger partial charge is 0.0193 e. The van der Waals surface area contributed by atoms with Gasteiger partial charge in [0.15, 0.2) is 0 Å². The number of piperidine rings is 1. The van der Waals surface area contributed by atoms with Crippen molar-refractivity contribution in [1.29, 1.82) is 0 Å². The zero-order chi connectivity index (χ0) is 12.3. The average molecular weight is 239 g/mol. The molecule has 1 N–H and O–H groups in total. The van der Waals surface area contributed by atoms with Gasteiger partial charge in [-0.15, -0.1) is 0 Å². The quantitative estimate of drug-likeness (QED) is 0.803. The second kappa shape index (κ2) is 6.17. The maximum absolute atomic E-state index is 3.64. The molecule has 0 aromatic rings. The summed E-state index contributed by atoms with van der Waals surface area (Å²) in [7, 11) is 2.25. The summed E-state index contributed by atoms with van der Waals surface area (Å²) in [5, 5.41) is 3.64. The van der Waals surface area contributed by atoms with E-state index in [4.69, 9.17) is 0 Å². The van der Waals surface area contributed by atoms with Crippen LogP contribution in [0.5, 0.6) is 0 Å². The summed E-state index contributed by atoms with van der Waals surface area (Å²) >= 11 is 0. The summed E-state index contributed by atoms with van der Waals surface area (Å²) in [4.78, 5) is 5.19. The monoisotopic (exact) mass is 239 g/mol. The van der Waals surface area contributed by atoms with Gasteiger partial charge in [-0.25, -0.2) is 0 Å². The Labute approximate surface area is 107 Å². The molecule has 0 radical (unpaired) electrons. The van der Waals surface area contributed by atoms with E-state index in [0.29, 0.717) is 0 Å². The van der Waals surface area contributed by atoms with Crippen LogP contribution >= 0.6 is 0 Å². The second-order valence-corrected chi connectivity index (χ2v) is 6.06. The van der Waals surface area contributed by atoms with Crippen molar-refractivity contribution in [1.82, 2.24) is 15.1 Å². The highest BCUT2D eigenvalue weighted by molar-refractivity contribution is 4.85. The molecule has 2 atom stereocenters. The van der Waals surface area contributed by atoms with Crippen LogP contribution in [0.4, 0.5) is 0 Å². The van der Waals surface area contributed by atoms with Gasteiger partial charge in [0, 0.05) is 31.7 Å². The van der Waals surface area contributed by atoms with Crippen molar-refractivity contribution >= 4 is 0 Å². The zero-order valence-corrected chi connectivity index (χ0v) is 11.8. The maximum atomic E-state index is 3.64. The molecular formula is C14H29N3. The van der Waals surface area contributed by atoms with Crippen LogP contribution in [-0.4, -0.2) is 61.7 Å². The van der Waals surface area contributed by atoms with Crippen LogP contribution < -0.4 is 5.32 Å². The molecule has 0 aromatic carbocycles. The van der Waals surface area contributed by atoms with Crippen LogP contribution in [0, 0.1) is 5.92 Å². The van der Waals surface area contributed by atoms with E-state index in [1.165, 1.54) is 52.0 Å². The van der Waals surface area contributed by atoms with Gasteiger partial charge in [0.05, 0.1) is 0 Å². The Kier molecular flexibility index (Phi) is 4.83. The lowest BCUT2D eigenvalue weighted by Gasteiger charge is -2.41. The van der Waals surface area contributed by atoms with E-state index in [0.717, 1.165) is 18.0 Å². The molecule has 2 fully saturated rings.